The SMILES string of the molecule is C[C@@H]1CC2=C(Cc3ccccc32)[C@@H](c2c(F)cc(Br)cc2F)N1CC(F)F. The average molecular weight is 440 g/mol. The van der Waals surface area contributed by atoms with Crippen LogP contribution in [0.25, 0.3) is 5.57 Å². The second-order valence-corrected chi connectivity index (χ2v) is 8.08. The van der Waals surface area contributed by atoms with Crippen LogP contribution in [0, 0.1) is 11.6 Å². The molecule has 27 heavy (non-hydrogen) atoms. The number of rotatable bonds is 3. The van der Waals surface area contributed by atoms with E-state index < -0.39 is 30.6 Å². The molecule has 0 spiro atoms. The molecule has 0 radical (unpaired) electrons. The zero-order chi connectivity index (χ0) is 19.3. The molecule has 2 atom stereocenters. The summed E-state index contributed by atoms with van der Waals surface area (Å²) in [5, 5.41) is 0. The molecule has 0 saturated heterocycles. The van der Waals surface area contributed by atoms with E-state index in [1.807, 2.05) is 31.2 Å². The highest BCUT2D eigenvalue weighted by Gasteiger charge is 2.41. The zero-order valence-electron chi connectivity index (χ0n) is 14.7. The van der Waals surface area contributed by atoms with E-state index in [0.29, 0.717) is 12.8 Å². The summed E-state index contributed by atoms with van der Waals surface area (Å²) in [4.78, 5) is 1.55. The number of benzene rings is 2. The van der Waals surface area contributed by atoms with Crippen molar-refractivity contribution in [3.05, 3.63) is 74.8 Å². The lowest BCUT2D eigenvalue weighted by atomic mass is 9.85. The topological polar surface area (TPSA) is 3.24 Å². The second kappa shape index (κ2) is 7.06. The standard InChI is InChI=1S/C21H18BrF4N/c1-11-6-15-14-5-3-2-4-12(14)7-16(15)21(27(11)10-19(25)26)20-17(23)8-13(22)9-18(20)24/h2-5,8-9,11,19,21H,6-7,10H2,1H3/t11-,21+/m1/s1. The molecule has 0 fully saturated rings. The Bertz CT molecular complexity index is 901. The van der Waals surface area contributed by atoms with Crippen LogP contribution in [0.2, 0.25) is 0 Å². The fraction of sp³-hybridized carbons (Fsp3) is 0.333. The first-order valence-corrected chi connectivity index (χ1v) is 9.64. The molecule has 0 amide bonds. The minimum atomic E-state index is -2.58. The first-order valence-electron chi connectivity index (χ1n) is 8.85. The number of nitrogens with zero attached hydrogens (tertiary/aromatic N) is 1. The number of hydrogen-bond donors (Lipinski definition) is 0. The van der Waals surface area contributed by atoms with E-state index in [0.717, 1.165) is 22.3 Å². The van der Waals surface area contributed by atoms with Crippen molar-refractivity contribution in [1.82, 2.24) is 4.90 Å². The van der Waals surface area contributed by atoms with E-state index in [1.165, 1.54) is 12.1 Å². The van der Waals surface area contributed by atoms with Gasteiger partial charge in [-0.05, 0) is 54.2 Å². The van der Waals surface area contributed by atoms with Crippen LogP contribution in [0.15, 0.2) is 46.4 Å². The summed E-state index contributed by atoms with van der Waals surface area (Å²) >= 11 is 3.09. The van der Waals surface area contributed by atoms with Gasteiger partial charge in [-0.25, -0.2) is 17.6 Å². The molecular weight excluding hydrogens is 422 g/mol. The van der Waals surface area contributed by atoms with Gasteiger partial charge in [-0.1, -0.05) is 40.2 Å². The molecule has 0 aromatic heterocycles. The lowest BCUT2D eigenvalue weighted by Gasteiger charge is -2.42. The molecule has 0 saturated carbocycles. The van der Waals surface area contributed by atoms with Crippen LogP contribution in [0.1, 0.15) is 36.1 Å². The van der Waals surface area contributed by atoms with Crippen molar-refractivity contribution in [1.29, 1.82) is 0 Å². The maximum Gasteiger partial charge on any atom is 0.251 e. The van der Waals surface area contributed by atoms with Crippen molar-refractivity contribution in [3.63, 3.8) is 0 Å². The van der Waals surface area contributed by atoms with Gasteiger partial charge in [0.05, 0.1) is 12.6 Å². The molecule has 2 aromatic rings. The largest absolute Gasteiger partial charge is 0.284 e. The fourth-order valence-corrected chi connectivity index (χ4v) is 4.83. The van der Waals surface area contributed by atoms with Gasteiger partial charge in [0, 0.05) is 16.1 Å². The van der Waals surface area contributed by atoms with Gasteiger partial charge in [0.25, 0.3) is 6.43 Å². The Morgan fingerprint density at radius 2 is 1.81 bits per heavy atom. The van der Waals surface area contributed by atoms with E-state index in [4.69, 9.17) is 0 Å². The van der Waals surface area contributed by atoms with Crippen LogP contribution in [-0.4, -0.2) is 23.9 Å². The summed E-state index contributed by atoms with van der Waals surface area (Å²) in [6.45, 7) is 1.32. The summed E-state index contributed by atoms with van der Waals surface area (Å²) in [5.74, 6) is -1.44. The van der Waals surface area contributed by atoms with Gasteiger partial charge in [-0.3, -0.25) is 4.90 Å². The van der Waals surface area contributed by atoms with Crippen LogP contribution in [0.5, 0.6) is 0 Å². The predicted molar refractivity (Wildman–Crippen MR) is 101 cm³/mol. The summed E-state index contributed by atoms with van der Waals surface area (Å²) in [7, 11) is 0. The lowest BCUT2D eigenvalue weighted by molar-refractivity contribution is 0.0464. The Balaban J connectivity index is 1.90. The summed E-state index contributed by atoms with van der Waals surface area (Å²) in [5.41, 5.74) is 3.87. The van der Waals surface area contributed by atoms with Crippen molar-refractivity contribution < 1.29 is 17.6 Å². The third kappa shape index (κ3) is 3.23. The highest BCUT2D eigenvalue weighted by Crippen LogP contribution is 2.49. The molecule has 1 aliphatic carbocycles. The first kappa shape index (κ1) is 18.7. The Morgan fingerprint density at radius 1 is 1.15 bits per heavy atom. The molecule has 0 N–H and O–H groups in total. The van der Waals surface area contributed by atoms with Gasteiger partial charge in [0.15, 0.2) is 0 Å². The third-order valence-corrected chi connectivity index (χ3v) is 5.96. The van der Waals surface area contributed by atoms with Crippen LogP contribution in [-0.2, 0) is 6.42 Å². The molecule has 2 aromatic carbocycles. The number of fused-ring (bicyclic) bond motifs is 2. The van der Waals surface area contributed by atoms with Crippen LogP contribution < -0.4 is 0 Å². The monoisotopic (exact) mass is 439 g/mol. The van der Waals surface area contributed by atoms with Crippen LogP contribution >= 0.6 is 15.9 Å². The molecular formula is C21H18BrF4N. The minimum absolute atomic E-state index is 0.147. The average Bonchev–Trinajstić information content (AvgIpc) is 2.94. The normalized spacial score (nSPS) is 22.3. The molecule has 0 unspecified atom stereocenters. The molecule has 2 aliphatic rings. The van der Waals surface area contributed by atoms with E-state index in [9.17, 15) is 17.6 Å². The second-order valence-electron chi connectivity index (χ2n) is 7.16. The highest BCUT2D eigenvalue weighted by molar-refractivity contribution is 9.10. The van der Waals surface area contributed by atoms with E-state index in [-0.39, 0.29) is 16.1 Å². The molecule has 1 aliphatic heterocycles. The van der Waals surface area contributed by atoms with Gasteiger partial charge in [-0.15, -0.1) is 0 Å². The van der Waals surface area contributed by atoms with Crippen molar-refractivity contribution in [2.75, 3.05) is 6.54 Å². The number of halogens is 5. The quantitative estimate of drug-likeness (QED) is 0.519. The lowest BCUT2D eigenvalue weighted by Crippen LogP contribution is -2.44. The number of alkyl halides is 2. The third-order valence-electron chi connectivity index (χ3n) is 5.50. The van der Waals surface area contributed by atoms with Gasteiger partial charge in [0.2, 0.25) is 0 Å². The zero-order valence-corrected chi connectivity index (χ0v) is 16.2. The molecule has 1 heterocycles. The fourth-order valence-electron chi connectivity index (χ4n) is 4.42. The van der Waals surface area contributed by atoms with Crippen molar-refractivity contribution >= 4 is 21.5 Å². The smallest absolute Gasteiger partial charge is 0.251 e. The Labute approximate surface area is 163 Å². The van der Waals surface area contributed by atoms with Gasteiger partial charge in [0.1, 0.15) is 11.6 Å². The molecule has 142 valence electrons. The van der Waals surface area contributed by atoms with E-state index >= 15 is 0 Å². The molecule has 6 heteroatoms. The van der Waals surface area contributed by atoms with Gasteiger partial charge >= 0.3 is 0 Å². The van der Waals surface area contributed by atoms with E-state index in [2.05, 4.69) is 15.9 Å². The van der Waals surface area contributed by atoms with Crippen LogP contribution in [0.3, 0.4) is 0 Å². The summed E-state index contributed by atoms with van der Waals surface area (Å²) in [6, 6.07) is 9.14. The predicted octanol–water partition coefficient (Wildman–Crippen LogP) is 6.14. The molecule has 4 rings (SSSR count). The molecule has 0 bridgehead atoms. The maximum atomic E-state index is 14.8. The van der Waals surface area contributed by atoms with E-state index in [1.54, 1.807) is 4.90 Å². The van der Waals surface area contributed by atoms with Crippen molar-refractivity contribution in [3.8, 4) is 0 Å². The Morgan fingerprint density at radius 3 is 2.48 bits per heavy atom. The van der Waals surface area contributed by atoms with Crippen LogP contribution in [0.4, 0.5) is 17.6 Å². The summed E-state index contributed by atoms with van der Waals surface area (Å²) in [6.07, 6.45) is -1.46. The van der Waals surface area contributed by atoms with Crippen molar-refractivity contribution in [2.45, 2.75) is 38.3 Å². The summed E-state index contributed by atoms with van der Waals surface area (Å²) < 4.78 is 56.5. The maximum absolute atomic E-state index is 14.8. The Kier molecular flexibility index (Phi) is 4.89. The Hall–Kier alpha value is -1.66. The highest BCUT2D eigenvalue weighted by atomic mass is 79.9. The van der Waals surface area contributed by atoms with Gasteiger partial charge in [-0.2, -0.15) is 0 Å². The van der Waals surface area contributed by atoms with Gasteiger partial charge < -0.3 is 0 Å². The molecule has 1 nitrogen and oxygen atoms in total. The first-order chi connectivity index (χ1) is 12.9. The minimum Gasteiger partial charge on any atom is -0.284 e. The van der Waals surface area contributed by atoms with Crippen molar-refractivity contribution in [2.24, 2.45) is 0 Å². The number of hydrogen-bond acceptors (Lipinski definition) is 1.